The van der Waals surface area contributed by atoms with Crippen LogP contribution < -0.4 is 5.32 Å². The summed E-state index contributed by atoms with van der Waals surface area (Å²) in [7, 11) is 3.28. The lowest BCUT2D eigenvalue weighted by molar-refractivity contribution is -0.130. The predicted molar refractivity (Wildman–Crippen MR) is 95.7 cm³/mol. The molecule has 0 radical (unpaired) electrons. The number of hydrogen-bond donors (Lipinski definition) is 1. The molecule has 0 atom stereocenters. The van der Waals surface area contributed by atoms with Gasteiger partial charge in [0, 0.05) is 14.1 Å². The van der Waals surface area contributed by atoms with Gasteiger partial charge in [-0.3, -0.25) is 9.59 Å². The van der Waals surface area contributed by atoms with Crippen molar-refractivity contribution in [3.05, 3.63) is 29.8 Å². The molecule has 9 heteroatoms. The second-order valence-corrected chi connectivity index (χ2v) is 6.92. The van der Waals surface area contributed by atoms with E-state index in [2.05, 4.69) is 34.7 Å². The first kappa shape index (κ1) is 18.9. The van der Waals surface area contributed by atoms with Gasteiger partial charge in [0.05, 0.1) is 18.0 Å². The number of rotatable bonds is 7. The van der Waals surface area contributed by atoms with Crippen LogP contribution in [0.5, 0.6) is 0 Å². The van der Waals surface area contributed by atoms with Gasteiger partial charge in [0.2, 0.25) is 17.0 Å². The highest BCUT2D eigenvalue weighted by Crippen LogP contribution is 2.20. The maximum absolute atomic E-state index is 11.9. The Kier molecular flexibility index (Phi) is 6.51. The van der Waals surface area contributed by atoms with Gasteiger partial charge in [-0.2, -0.15) is 4.68 Å². The molecule has 0 aliphatic heterocycles. The Hall–Kier alpha value is -2.42. The van der Waals surface area contributed by atoms with E-state index >= 15 is 0 Å². The van der Waals surface area contributed by atoms with Gasteiger partial charge in [-0.25, -0.2) is 0 Å². The number of tetrazole rings is 1. The lowest BCUT2D eigenvalue weighted by Crippen LogP contribution is -2.37. The molecule has 2 amide bonds. The summed E-state index contributed by atoms with van der Waals surface area (Å²) in [5, 5.41) is 14.7. The lowest BCUT2D eigenvalue weighted by atomic mass is 10.0. The zero-order valence-electron chi connectivity index (χ0n) is 14.8. The van der Waals surface area contributed by atoms with E-state index in [1.165, 1.54) is 22.2 Å². The highest BCUT2D eigenvalue weighted by atomic mass is 32.2. The Bertz CT molecular complexity index is 726. The second-order valence-electron chi connectivity index (χ2n) is 5.97. The van der Waals surface area contributed by atoms with Gasteiger partial charge in [0.1, 0.15) is 0 Å². The van der Waals surface area contributed by atoms with Crippen LogP contribution in [0.3, 0.4) is 0 Å². The third-order valence-corrected chi connectivity index (χ3v) is 4.43. The van der Waals surface area contributed by atoms with Crippen LogP contribution in [0.1, 0.15) is 25.3 Å². The van der Waals surface area contributed by atoms with E-state index in [4.69, 9.17) is 0 Å². The molecule has 0 aliphatic rings. The van der Waals surface area contributed by atoms with Crippen LogP contribution in [-0.4, -0.2) is 63.3 Å². The normalized spacial score (nSPS) is 10.8. The van der Waals surface area contributed by atoms with Gasteiger partial charge >= 0.3 is 0 Å². The summed E-state index contributed by atoms with van der Waals surface area (Å²) >= 11 is 1.22. The second kappa shape index (κ2) is 8.61. The molecule has 0 fully saturated rings. The van der Waals surface area contributed by atoms with Crippen molar-refractivity contribution in [1.29, 1.82) is 0 Å². The van der Waals surface area contributed by atoms with E-state index in [9.17, 15) is 9.59 Å². The Morgan fingerprint density at radius 2 is 1.92 bits per heavy atom. The van der Waals surface area contributed by atoms with Crippen LogP contribution in [0.15, 0.2) is 29.4 Å². The molecule has 1 N–H and O–H groups in total. The zero-order valence-corrected chi connectivity index (χ0v) is 15.6. The molecule has 2 rings (SSSR count). The van der Waals surface area contributed by atoms with Gasteiger partial charge < -0.3 is 10.2 Å². The third kappa shape index (κ3) is 5.28. The number of thioether (sulfide) groups is 1. The fourth-order valence-electron chi connectivity index (χ4n) is 1.94. The first-order valence-electron chi connectivity index (χ1n) is 7.87. The van der Waals surface area contributed by atoms with Crippen LogP contribution >= 0.6 is 11.8 Å². The molecular formula is C16H22N6O2S. The smallest absolute Gasteiger partial charge is 0.241 e. The van der Waals surface area contributed by atoms with Gasteiger partial charge in [0.15, 0.2) is 0 Å². The van der Waals surface area contributed by atoms with E-state index in [0.29, 0.717) is 11.1 Å². The van der Waals surface area contributed by atoms with Crippen LogP contribution in [-0.2, 0) is 9.59 Å². The van der Waals surface area contributed by atoms with Crippen molar-refractivity contribution in [2.24, 2.45) is 0 Å². The summed E-state index contributed by atoms with van der Waals surface area (Å²) in [6.07, 6.45) is 0. The highest BCUT2D eigenvalue weighted by molar-refractivity contribution is 7.99. The van der Waals surface area contributed by atoms with Crippen LogP contribution in [0.4, 0.5) is 0 Å². The predicted octanol–water partition coefficient (Wildman–Crippen LogP) is 1.08. The molecule has 0 aliphatic carbocycles. The van der Waals surface area contributed by atoms with Crippen LogP contribution in [0.2, 0.25) is 0 Å². The Morgan fingerprint density at radius 1 is 1.24 bits per heavy atom. The Labute approximate surface area is 151 Å². The molecule has 134 valence electrons. The fourth-order valence-corrected chi connectivity index (χ4v) is 2.67. The van der Waals surface area contributed by atoms with Crippen molar-refractivity contribution in [3.8, 4) is 5.69 Å². The van der Waals surface area contributed by atoms with E-state index < -0.39 is 0 Å². The fraction of sp³-hybridized carbons (Fsp3) is 0.438. The number of nitrogens with one attached hydrogen (secondary N) is 1. The van der Waals surface area contributed by atoms with Gasteiger partial charge in [0.25, 0.3) is 0 Å². The highest BCUT2D eigenvalue weighted by Gasteiger charge is 2.13. The van der Waals surface area contributed by atoms with Crippen LogP contribution in [0, 0.1) is 0 Å². The first-order chi connectivity index (χ1) is 11.9. The minimum atomic E-state index is -0.245. The quantitative estimate of drug-likeness (QED) is 0.741. The number of benzene rings is 1. The average Bonchev–Trinajstić information content (AvgIpc) is 3.06. The number of likely N-dealkylation sites (N-methyl/N-ethyl adjacent to an activating group) is 1. The lowest BCUT2D eigenvalue weighted by Gasteiger charge is -2.10. The zero-order chi connectivity index (χ0) is 18.4. The molecule has 0 saturated heterocycles. The number of nitrogens with zero attached hydrogens (tertiary/aromatic N) is 5. The number of hydrogen-bond acceptors (Lipinski definition) is 6. The molecule has 1 heterocycles. The minimum absolute atomic E-state index is 0.0198. The SMILES string of the molecule is CC(C)c1ccc(-n2nnnc2SCC(=O)NCC(=O)N(C)C)cc1. The van der Waals surface area contributed by atoms with Crippen molar-refractivity contribution in [1.82, 2.24) is 30.4 Å². The molecule has 8 nitrogen and oxygen atoms in total. The van der Waals surface area contributed by atoms with Crippen molar-refractivity contribution in [2.75, 3.05) is 26.4 Å². The average molecular weight is 362 g/mol. The monoisotopic (exact) mass is 362 g/mol. The molecule has 0 spiro atoms. The topological polar surface area (TPSA) is 93.0 Å². The molecule has 0 bridgehead atoms. The Morgan fingerprint density at radius 3 is 2.52 bits per heavy atom. The van der Waals surface area contributed by atoms with E-state index in [-0.39, 0.29) is 24.1 Å². The summed E-state index contributed by atoms with van der Waals surface area (Å²) in [6, 6.07) is 7.97. The molecule has 0 saturated carbocycles. The summed E-state index contributed by atoms with van der Waals surface area (Å²) in [4.78, 5) is 24.7. The molecule has 1 aromatic carbocycles. The largest absolute Gasteiger partial charge is 0.347 e. The summed E-state index contributed by atoms with van der Waals surface area (Å²) < 4.78 is 1.59. The van der Waals surface area contributed by atoms with Crippen LogP contribution in [0.25, 0.3) is 5.69 Å². The summed E-state index contributed by atoms with van der Waals surface area (Å²) in [5.41, 5.74) is 2.07. The van der Waals surface area contributed by atoms with Gasteiger partial charge in [-0.05, 0) is 34.0 Å². The number of aromatic nitrogens is 4. The summed E-state index contributed by atoms with van der Waals surface area (Å²) in [5.74, 6) is 0.175. The minimum Gasteiger partial charge on any atom is -0.347 e. The van der Waals surface area contributed by atoms with E-state index in [1.807, 2.05) is 24.3 Å². The number of carbonyl (C=O) groups excluding carboxylic acids is 2. The Balaban J connectivity index is 1.95. The maximum atomic E-state index is 11.9. The molecule has 25 heavy (non-hydrogen) atoms. The van der Waals surface area contributed by atoms with Crippen molar-refractivity contribution < 1.29 is 9.59 Å². The maximum Gasteiger partial charge on any atom is 0.241 e. The van der Waals surface area contributed by atoms with Crippen molar-refractivity contribution in [3.63, 3.8) is 0 Å². The van der Waals surface area contributed by atoms with Crippen molar-refractivity contribution >= 4 is 23.6 Å². The molecule has 2 aromatic rings. The van der Waals surface area contributed by atoms with E-state index in [0.717, 1.165) is 5.69 Å². The first-order valence-corrected chi connectivity index (χ1v) is 8.85. The molecule has 1 aromatic heterocycles. The van der Waals surface area contributed by atoms with E-state index in [1.54, 1.807) is 18.8 Å². The third-order valence-electron chi connectivity index (χ3n) is 3.51. The van der Waals surface area contributed by atoms with Gasteiger partial charge in [-0.1, -0.05) is 37.7 Å². The number of carbonyl (C=O) groups is 2. The standard InChI is InChI=1S/C16H22N6O2S/c1-11(2)12-5-7-13(8-6-12)22-16(18-19-20-22)25-10-14(23)17-9-15(24)21(3)4/h5-8,11H,9-10H2,1-4H3,(H,17,23). The molecular weight excluding hydrogens is 340 g/mol. The van der Waals surface area contributed by atoms with Crippen molar-refractivity contribution in [2.45, 2.75) is 24.9 Å². The summed E-state index contributed by atoms with van der Waals surface area (Å²) in [6.45, 7) is 4.24. The molecule has 0 unspecified atom stereocenters. The number of amides is 2. The van der Waals surface area contributed by atoms with Gasteiger partial charge in [-0.15, -0.1) is 5.10 Å².